The summed E-state index contributed by atoms with van der Waals surface area (Å²) in [6.45, 7) is 8.85. The van der Waals surface area contributed by atoms with E-state index in [1.807, 2.05) is 12.1 Å². The molecule has 0 radical (unpaired) electrons. The van der Waals surface area contributed by atoms with Crippen molar-refractivity contribution in [3.8, 4) is 0 Å². The lowest BCUT2D eigenvalue weighted by atomic mass is 10.0. The fourth-order valence-corrected chi connectivity index (χ4v) is 1.72. The third kappa shape index (κ3) is 2.88. The molecule has 0 aliphatic carbocycles. The van der Waals surface area contributed by atoms with Crippen LogP contribution in [0.1, 0.15) is 45.9 Å². The molecule has 2 unspecified atom stereocenters. The van der Waals surface area contributed by atoms with E-state index in [4.69, 9.17) is 4.42 Å². The molecule has 2 nitrogen and oxygen atoms in total. The van der Waals surface area contributed by atoms with Gasteiger partial charge in [0, 0.05) is 6.04 Å². The van der Waals surface area contributed by atoms with Crippen molar-refractivity contribution in [3.63, 3.8) is 0 Å². The molecule has 1 N–H and O–H groups in total. The Morgan fingerprint density at radius 2 is 2.07 bits per heavy atom. The molecule has 1 rings (SSSR count). The molecule has 0 aliphatic heterocycles. The first kappa shape index (κ1) is 11.3. The third-order valence-corrected chi connectivity index (χ3v) is 2.68. The lowest BCUT2D eigenvalue weighted by Crippen LogP contribution is -2.34. The van der Waals surface area contributed by atoms with Gasteiger partial charge in [0.25, 0.3) is 0 Å². The maximum Gasteiger partial charge on any atom is 0.120 e. The average molecular weight is 195 g/mol. The quantitative estimate of drug-likeness (QED) is 0.779. The Bertz CT molecular complexity index is 241. The minimum Gasteiger partial charge on any atom is -0.468 e. The highest BCUT2D eigenvalue weighted by molar-refractivity contribution is 5.03. The molecule has 0 spiro atoms. The number of hydrogen-bond donors (Lipinski definition) is 1. The summed E-state index contributed by atoms with van der Waals surface area (Å²) >= 11 is 0. The van der Waals surface area contributed by atoms with Crippen molar-refractivity contribution in [3.05, 3.63) is 24.2 Å². The molecule has 0 aromatic carbocycles. The van der Waals surface area contributed by atoms with Crippen molar-refractivity contribution in [2.75, 3.05) is 0 Å². The molecule has 14 heavy (non-hydrogen) atoms. The van der Waals surface area contributed by atoms with Gasteiger partial charge in [0.2, 0.25) is 0 Å². The van der Waals surface area contributed by atoms with E-state index in [-0.39, 0.29) is 0 Å². The second-order valence-corrected chi connectivity index (χ2v) is 4.16. The van der Waals surface area contributed by atoms with Gasteiger partial charge in [0.05, 0.1) is 12.3 Å². The Morgan fingerprint density at radius 3 is 2.50 bits per heavy atom. The lowest BCUT2D eigenvalue weighted by Gasteiger charge is -2.24. The minimum atomic E-state index is 0.303. The van der Waals surface area contributed by atoms with E-state index in [0.29, 0.717) is 18.0 Å². The molecule has 80 valence electrons. The molecule has 0 saturated heterocycles. The standard InChI is InChI=1S/C12H21NO/c1-5-11(9(2)3)13-10(4)12-7-6-8-14-12/h6-11,13H,5H2,1-4H3. The van der Waals surface area contributed by atoms with Crippen molar-refractivity contribution in [1.29, 1.82) is 0 Å². The molecule has 2 atom stereocenters. The Labute approximate surface area is 86.7 Å². The van der Waals surface area contributed by atoms with Crippen LogP contribution in [-0.4, -0.2) is 6.04 Å². The van der Waals surface area contributed by atoms with Gasteiger partial charge >= 0.3 is 0 Å². The second kappa shape index (κ2) is 5.20. The summed E-state index contributed by atoms with van der Waals surface area (Å²) in [5.41, 5.74) is 0. The third-order valence-electron chi connectivity index (χ3n) is 2.68. The van der Waals surface area contributed by atoms with E-state index < -0.39 is 0 Å². The van der Waals surface area contributed by atoms with Crippen LogP contribution in [0.4, 0.5) is 0 Å². The van der Waals surface area contributed by atoms with Crippen LogP contribution in [0.15, 0.2) is 22.8 Å². The zero-order valence-corrected chi connectivity index (χ0v) is 9.58. The number of furan rings is 1. The van der Waals surface area contributed by atoms with Crippen molar-refractivity contribution >= 4 is 0 Å². The fraction of sp³-hybridized carbons (Fsp3) is 0.667. The summed E-state index contributed by atoms with van der Waals surface area (Å²) in [6.07, 6.45) is 2.88. The zero-order valence-electron chi connectivity index (χ0n) is 9.58. The number of hydrogen-bond acceptors (Lipinski definition) is 2. The summed E-state index contributed by atoms with van der Waals surface area (Å²) in [4.78, 5) is 0. The molecule has 1 heterocycles. The highest BCUT2D eigenvalue weighted by atomic mass is 16.3. The van der Waals surface area contributed by atoms with Crippen LogP contribution < -0.4 is 5.32 Å². The molecule has 2 heteroatoms. The van der Waals surface area contributed by atoms with Crippen LogP contribution in [0.5, 0.6) is 0 Å². The van der Waals surface area contributed by atoms with Crippen LogP contribution in [0.25, 0.3) is 0 Å². The molecular weight excluding hydrogens is 174 g/mol. The van der Waals surface area contributed by atoms with E-state index in [9.17, 15) is 0 Å². The molecular formula is C12H21NO. The van der Waals surface area contributed by atoms with E-state index in [1.54, 1.807) is 6.26 Å². The SMILES string of the molecule is CCC(NC(C)c1ccco1)C(C)C. The van der Waals surface area contributed by atoms with Gasteiger partial charge < -0.3 is 9.73 Å². The van der Waals surface area contributed by atoms with E-state index in [2.05, 4.69) is 33.0 Å². The molecule has 0 amide bonds. The normalized spacial score (nSPS) is 15.8. The molecule has 1 aromatic heterocycles. The van der Waals surface area contributed by atoms with Crippen LogP contribution in [0.3, 0.4) is 0 Å². The molecule has 0 fully saturated rings. The van der Waals surface area contributed by atoms with Gasteiger partial charge in [0.15, 0.2) is 0 Å². The first-order chi connectivity index (χ1) is 6.65. The number of nitrogens with one attached hydrogen (secondary N) is 1. The molecule has 0 saturated carbocycles. The van der Waals surface area contributed by atoms with Gasteiger partial charge in [0.1, 0.15) is 5.76 Å². The van der Waals surface area contributed by atoms with Crippen molar-refractivity contribution < 1.29 is 4.42 Å². The Hall–Kier alpha value is -0.760. The Balaban J connectivity index is 2.51. The second-order valence-electron chi connectivity index (χ2n) is 4.16. The summed E-state index contributed by atoms with van der Waals surface area (Å²) in [5.74, 6) is 1.68. The Morgan fingerprint density at radius 1 is 1.36 bits per heavy atom. The summed E-state index contributed by atoms with van der Waals surface area (Å²) in [6, 6.07) is 4.82. The van der Waals surface area contributed by atoms with Gasteiger partial charge in [-0.3, -0.25) is 0 Å². The van der Waals surface area contributed by atoms with E-state index in [0.717, 1.165) is 12.2 Å². The first-order valence-electron chi connectivity index (χ1n) is 5.44. The number of rotatable bonds is 5. The Kier molecular flexibility index (Phi) is 4.21. The highest BCUT2D eigenvalue weighted by Gasteiger charge is 2.15. The van der Waals surface area contributed by atoms with Crippen LogP contribution in [0.2, 0.25) is 0 Å². The van der Waals surface area contributed by atoms with Crippen LogP contribution >= 0.6 is 0 Å². The van der Waals surface area contributed by atoms with Gasteiger partial charge in [-0.2, -0.15) is 0 Å². The van der Waals surface area contributed by atoms with E-state index >= 15 is 0 Å². The van der Waals surface area contributed by atoms with Gasteiger partial charge in [-0.25, -0.2) is 0 Å². The molecule has 1 aromatic rings. The monoisotopic (exact) mass is 195 g/mol. The maximum atomic E-state index is 5.36. The van der Waals surface area contributed by atoms with Crippen molar-refractivity contribution in [1.82, 2.24) is 5.32 Å². The van der Waals surface area contributed by atoms with Gasteiger partial charge in [-0.15, -0.1) is 0 Å². The highest BCUT2D eigenvalue weighted by Crippen LogP contribution is 2.16. The maximum absolute atomic E-state index is 5.36. The minimum absolute atomic E-state index is 0.303. The van der Waals surface area contributed by atoms with Crippen LogP contribution in [-0.2, 0) is 0 Å². The topological polar surface area (TPSA) is 25.2 Å². The van der Waals surface area contributed by atoms with Gasteiger partial charge in [-0.1, -0.05) is 20.8 Å². The largest absolute Gasteiger partial charge is 0.468 e. The molecule has 0 aliphatic rings. The molecule has 0 bridgehead atoms. The van der Waals surface area contributed by atoms with Crippen molar-refractivity contribution in [2.24, 2.45) is 5.92 Å². The lowest BCUT2D eigenvalue weighted by molar-refractivity contribution is 0.328. The summed E-state index contributed by atoms with van der Waals surface area (Å²) < 4.78 is 5.36. The van der Waals surface area contributed by atoms with Gasteiger partial charge in [-0.05, 0) is 31.4 Å². The van der Waals surface area contributed by atoms with Crippen LogP contribution in [0, 0.1) is 5.92 Å². The first-order valence-corrected chi connectivity index (χ1v) is 5.44. The van der Waals surface area contributed by atoms with E-state index in [1.165, 1.54) is 0 Å². The smallest absolute Gasteiger partial charge is 0.120 e. The summed E-state index contributed by atoms with van der Waals surface area (Å²) in [5, 5.41) is 3.57. The average Bonchev–Trinajstić information content (AvgIpc) is 2.65. The summed E-state index contributed by atoms with van der Waals surface area (Å²) in [7, 11) is 0. The zero-order chi connectivity index (χ0) is 10.6. The van der Waals surface area contributed by atoms with Crippen molar-refractivity contribution in [2.45, 2.75) is 46.2 Å². The predicted molar refractivity (Wildman–Crippen MR) is 59.2 cm³/mol. The predicted octanol–water partition coefficient (Wildman–Crippen LogP) is 3.36. The fourth-order valence-electron chi connectivity index (χ4n) is 1.72.